The molecule has 0 heterocycles. The zero-order valence-electron chi connectivity index (χ0n) is 13.8. The number of rotatable bonds is 7. The molecule has 0 saturated heterocycles. The molecule has 1 atom stereocenters. The summed E-state index contributed by atoms with van der Waals surface area (Å²) in [5.74, 6) is -0.287. The number of nitrogens with two attached hydrogens (primary N) is 1. The van der Waals surface area contributed by atoms with Gasteiger partial charge in [-0.3, -0.25) is 4.79 Å². The molecular formula is C18H27FN2O2. The van der Waals surface area contributed by atoms with Gasteiger partial charge in [-0.1, -0.05) is 31.4 Å². The van der Waals surface area contributed by atoms with E-state index in [2.05, 4.69) is 5.32 Å². The van der Waals surface area contributed by atoms with E-state index in [0.717, 1.165) is 31.2 Å². The van der Waals surface area contributed by atoms with Crippen molar-refractivity contribution in [1.82, 2.24) is 5.32 Å². The minimum atomic E-state index is -0.258. The molecular weight excluding hydrogens is 295 g/mol. The number of carbonyl (C=O) groups is 1. The third-order valence-corrected chi connectivity index (χ3v) is 4.88. The summed E-state index contributed by atoms with van der Waals surface area (Å²) >= 11 is 0. The van der Waals surface area contributed by atoms with E-state index in [1.165, 1.54) is 12.5 Å². The largest absolute Gasteiger partial charge is 0.380 e. The Balaban J connectivity index is 2.06. The molecule has 0 aromatic heterocycles. The van der Waals surface area contributed by atoms with Crippen molar-refractivity contribution in [2.24, 2.45) is 5.73 Å². The fourth-order valence-corrected chi connectivity index (χ4v) is 3.42. The lowest BCUT2D eigenvalue weighted by atomic mass is 9.69. The SMILES string of the molecule is COC(CN)CC(=O)NCC1(c2cccc(F)c2)CCCCC1. The molecule has 1 unspecified atom stereocenters. The van der Waals surface area contributed by atoms with Crippen LogP contribution in [0.15, 0.2) is 24.3 Å². The van der Waals surface area contributed by atoms with Gasteiger partial charge >= 0.3 is 0 Å². The zero-order chi connectivity index (χ0) is 16.7. The number of ether oxygens (including phenoxy) is 1. The Labute approximate surface area is 137 Å². The van der Waals surface area contributed by atoms with Crippen LogP contribution < -0.4 is 11.1 Å². The van der Waals surface area contributed by atoms with E-state index in [1.54, 1.807) is 19.2 Å². The summed E-state index contributed by atoms with van der Waals surface area (Å²) < 4.78 is 18.8. The van der Waals surface area contributed by atoms with Gasteiger partial charge in [0.25, 0.3) is 0 Å². The first kappa shape index (κ1) is 17.9. The molecule has 1 saturated carbocycles. The van der Waals surface area contributed by atoms with Gasteiger partial charge in [-0.2, -0.15) is 0 Å². The van der Waals surface area contributed by atoms with E-state index in [0.29, 0.717) is 13.1 Å². The van der Waals surface area contributed by atoms with Crippen LogP contribution in [0, 0.1) is 5.82 Å². The number of benzene rings is 1. The van der Waals surface area contributed by atoms with Crippen molar-refractivity contribution in [2.45, 2.75) is 50.0 Å². The molecule has 2 rings (SSSR count). The van der Waals surface area contributed by atoms with Gasteiger partial charge in [-0.05, 0) is 30.5 Å². The van der Waals surface area contributed by atoms with Crippen LogP contribution in [0.4, 0.5) is 4.39 Å². The van der Waals surface area contributed by atoms with Crippen molar-refractivity contribution in [1.29, 1.82) is 0 Å². The summed E-state index contributed by atoms with van der Waals surface area (Å²) in [7, 11) is 1.56. The van der Waals surface area contributed by atoms with Gasteiger partial charge < -0.3 is 15.8 Å². The van der Waals surface area contributed by atoms with Gasteiger partial charge in [0.05, 0.1) is 12.5 Å². The zero-order valence-corrected chi connectivity index (χ0v) is 13.8. The molecule has 0 bridgehead atoms. The van der Waals surface area contributed by atoms with Crippen LogP contribution in [-0.4, -0.2) is 32.2 Å². The first-order valence-corrected chi connectivity index (χ1v) is 8.35. The maximum Gasteiger partial charge on any atom is 0.222 e. The molecule has 0 radical (unpaired) electrons. The predicted molar refractivity (Wildman–Crippen MR) is 88.6 cm³/mol. The Bertz CT molecular complexity index is 511. The highest BCUT2D eigenvalue weighted by atomic mass is 19.1. The summed E-state index contributed by atoms with van der Waals surface area (Å²) in [4.78, 5) is 12.1. The molecule has 0 spiro atoms. The Kier molecular flexibility index (Phi) is 6.54. The maximum atomic E-state index is 13.6. The first-order valence-electron chi connectivity index (χ1n) is 8.35. The molecule has 1 aliphatic carbocycles. The molecule has 1 aromatic rings. The third kappa shape index (κ3) is 4.75. The number of methoxy groups -OCH3 is 1. The normalized spacial score (nSPS) is 18.4. The molecule has 5 heteroatoms. The number of carbonyl (C=O) groups excluding carboxylic acids is 1. The smallest absolute Gasteiger partial charge is 0.222 e. The third-order valence-electron chi connectivity index (χ3n) is 4.88. The molecule has 0 aliphatic heterocycles. The number of hydrogen-bond acceptors (Lipinski definition) is 3. The van der Waals surface area contributed by atoms with Crippen molar-refractivity contribution >= 4 is 5.91 Å². The molecule has 3 N–H and O–H groups in total. The standard InChI is InChI=1S/C18H27FN2O2/c1-23-16(12-20)11-17(22)21-13-18(8-3-2-4-9-18)14-6-5-7-15(19)10-14/h5-7,10,16H,2-4,8-9,11-13,20H2,1H3,(H,21,22). The van der Waals surface area contributed by atoms with Crippen LogP contribution in [0.1, 0.15) is 44.1 Å². The summed E-state index contributed by atoms with van der Waals surface area (Å²) in [5.41, 5.74) is 6.38. The fraction of sp³-hybridized carbons (Fsp3) is 0.611. The Morgan fingerprint density at radius 3 is 2.74 bits per heavy atom. The Morgan fingerprint density at radius 1 is 1.39 bits per heavy atom. The molecule has 1 aromatic carbocycles. The van der Waals surface area contributed by atoms with E-state index >= 15 is 0 Å². The van der Waals surface area contributed by atoms with Gasteiger partial charge in [-0.25, -0.2) is 4.39 Å². The minimum Gasteiger partial charge on any atom is -0.380 e. The van der Waals surface area contributed by atoms with Gasteiger partial charge in [0, 0.05) is 25.6 Å². The predicted octanol–water partition coefficient (Wildman–Crippen LogP) is 2.51. The average Bonchev–Trinajstić information content (AvgIpc) is 2.58. The van der Waals surface area contributed by atoms with Gasteiger partial charge in [-0.15, -0.1) is 0 Å². The van der Waals surface area contributed by atoms with Crippen LogP contribution >= 0.6 is 0 Å². The second kappa shape index (κ2) is 8.41. The van der Waals surface area contributed by atoms with Crippen molar-refractivity contribution in [3.05, 3.63) is 35.6 Å². The van der Waals surface area contributed by atoms with E-state index in [1.807, 2.05) is 6.07 Å². The summed E-state index contributed by atoms with van der Waals surface area (Å²) in [6, 6.07) is 6.79. The maximum absolute atomic E-state index is 13.6. The molecule has 4 nitrogen and oxygen atoms in total. The van der Waals surface area contributed by atoms with Crippen molar-refractivity contribution in [3.8, 4) is 0 Å². The Morgan fingerprint density at radius 2 is 2.13 bits per heavy atom. The van der Waals surface area contributed by atoms with Gasteiger partial charge in [0.1, 0.15) is 5.82 Å². The van der Waals surface area contributed by atoms with E-state index in [-0.39, 0.29) is 29.7 Å². The summed E-state index contributed by atoms with van der Waals surface area (Å²) in [5, 5.41) is 3.01. The average molecular weight is 322 g/mol. The van der Waals surface area contributed by atoms with Crippen molar-refractivity contribution in [3.63, 3.8) is 0 Å². The lowest BCUT2D eigenvalue weighted by molar-refractivity contribution is -0.123. The van der Waals surface area contributed by atoms with E-state index in [4.69, 9.17) is 10.5 Å². The highest BCUT2D eigenvalue weighted by Crippen LogP contribution is 2.39. The summed E-state index contributed by atoms with van der Waals surface area (Å²) in [6.45, 7) is 0.856. The lowest BCUT2D eigenvalue weighted by Gasteiger charge is -2.38. The van der Waals surface area contributed by atoms with Crippen LogP contribution in [0.3, 0.4) is 0 Å². The van der Waals surface area contributed by atoms with Crippen LogP contribution in [0.5, 0.6) is 0 Å². The molecule has 1 amide bonds. The topological polar surface area (TPSA) is 64.3 Å². The number of hydrogen-bond donors (Lipinski definition) is 2. The monoisotopic (exact) mass is 322 g/mol. The highest BCUT2D eigenvalue weighted by molar-refractivity contribution is 5.76. The van der Waals surface area contributed by atoms with Crippen molar-refractivity contribution in [2.75, 3.05) is 20.2 Å². The van der Waals surface area contributed by atoms with Gasteiger partial charge in [0.2, 0.25) is 5.91 Å². The van der Waals surface area contributed by atoms with Crippen LogP contribution in [-0.2, 0) is 14.9 Å². The highest BCUT2D eigenvalue weighted by Gasteiger charge is 2.34. The summed E-state index contributed by atoms with van der Waals surface area (Å²) in [6.07, 6.45) is 5.36. The number of amides is 1. The lowest BCUT2D eigenvalue weighted by Crippen LogP contribution is -2.43. The quantitative estimate of drug-likeness (QED) is 0.811. The molecule has 128 valence electrons. The van der Waals surface area contributed by atoms with Crippen LogP contribution in [0.25, 0.3) is 0 Å². The fourth-order valence-electron chi connectivity index (χ4n) is 3.42. The van der Waals surface area contributed by atoms with Crippen LogP contribution in [0.2, 0.25) is 0 Å². The van der Waals surface area contributed by atoms with E-state index in [9.17, 15) is 9.18 Å². The number of nitrogens with one attached hydrogen (secondary N) is 1. The van der Waals surface area contributed by atoms with Gasteiger partial charge in [0.15, 0.2) is 0 Å². The Hall–Kier alpha value is -1.46. The molecule has 23 heavy (non-hydrogen) atoms. The minimum absolute atomic E-state index is 0.0661. The van der Waals surface area contributed by atoms with E-state index < -0.39 is 0 Å². The number of halogens is 1. The second-order valence-corrected chi connectivity index (χ2v) is 6.43. The molecule has 1 fully saturated rings. The second-order valence-electron chi connectivity index (χ2n) is 6.43. The first-order chi connectivity index (χ1) is 11.1. The molecule has 1 aliphatic rings. The van der Waals surface area contributed by atoms with Crippen molar-refractivity contribution < 1.29 is 13.9 Å².